The van der Waals surface area contributed by atoms with Gasteiger partial charge in [0, 0.05) is 23.1 Å². The molecule has 1 aromatic rings. The lowest BCUT2D eigenvalue weighted by atomic mass is 9.98. The van der Waals surface area contributed by atoms with Crippen molar-refractivity contribution < 1.29 is 18.0 Å². The molecule has 1 amide bonds. The lowest BCUT2D eigenvalue weighted by Gasteiger charge is -2.36. The first-order valence-corrected chi connectivity index (χ1v) is 7.42. The summed E-state index contributed by atoms with van der Waals surface area (Å²) in [6, 6.07) is 3.07. The Morgan fingerprint density at radius 1 is 1.43 bits per heavy atom. The Bertz CT molecular complexity index is 548. The maximum atomic E-state index is 12.8. The van der Waals surface area contributed by atoms with Crippen molar-refractivity contribution in [1.82, 2.24) is 4.90 Å². The van der Waals surface area contributed by atoms with Crippen LogP contribution in [0.2, 0.25) is 0 Å². The van der Waals surface area contributed by atoms with E-state index in [9.17, 15) is 18.0 Å². The number of hydrogen-bond acceptors (Lipinski definition) is 2. The van der Waals surface area contributed by atoms with Crippen molar-refractivity contribution in [2.45, 2.75) is 38.0 Å². The number of likely N-dealkylation sites (tertiary alicyclic amines) is 1. The maximum absolute atomic E-state index is 12.8. The van der Waals surface area contributed by atoms with E-state index < -0.39 is 17.6 Å². The third kappa shape index (κ3) is 3.58. The maximum Gasteiger partial charge on any atom is 0.416 e. The van der Waals surface area contributed by atoms with Crippen LogP contribution in [0.4, 0.5) is 13.2 Å². The first-order chi connectivity index (χ1) is 9.70. The summed E-state index contributed by atoms with van der Waals surface area (Å²) in [6.07, 6.45) is -3.15. The number of carbonyl (C=O) groups excluding carboxylic acids is 1. The van der Waals surface area contributed by atoms with Crippen LogP contribution in [0, 0.1) is 0 Å². The van der Waals surface area contributed by atoms with Crippen LogP contribution in [0.25, 0.3) is 0 Å². The number of rotatable bonds is 1. The second kappa shape index (κ2) is 5.96. The topological polar surface area (TPSA) is 46.3 Å². The van der Waals surface area contributed by atoms with Gasteiger partial charge in [-0.15, -0.1) is 0 Å². The fourth-order valence-electron chi connectivity index (χ4n) is 2.53. The summed E-state index contributed by atoms with van der Waals surface area (Å²) < 4.78 is 38.7. The Morgan fingerprint density at radius 2 is 2.10 bits per heavy atom. The average molecular weight is 365 g/mol. The summed E-state index contributed by atoms with van der Waals surface area (Å²) in [5, 5.41) is 0. The normalized spacial score (nSPS) is 23.2. The van der Waals surface area contributed by atoms with Gasteiger partial charge in [-0.2, -0.15) is 13.2 Å². The first kappa shape index (κ1) is 16.3. The Labute approximate surface area is 129 Å². The fraction of sp³-hybridized carbons (Fsp3) is 0.500. The van der Waals surface area contributed by atoms with Crippen LogP contribution in [0.3, 0.4) is 0 Å². The fourth-order valence-corrected chi connectivity index (χ4v) is 2.95. The second-order valence-electron chi connectivity index (χ2n) is 5.32. The summed E-state index contributed by atoms with van der Waals surface area (Å²) in [5.41, 5.74) is 5.05. The van der Waals surface area contributed by atoms with E-state index >= 15 is 0 Å². The number of halogens is 4. The zero-order valence-electron chi connectivity index (χ0n) is 11.5. The van der Waals surface area contributed by atoms with Gasteiger partial charge >= 0.3 is 6.18 Å². The molecule has 0 aliphatic carbocycles. The van der Waals surface area contributed by atoms with Gasteiger partial charge in [0.05, 0.1) is 11.1 Å². The van der Waals surface area contributed by atoms with Gasteiger partial charge < -0.3 is 10.6 Å². The molecule has 116 valence electrons. The van der Waals surface area contributed by atoms with E-state index in [2.05, 4.69) is 15.9 Å². The van der Waals surface area contributed by atoms with Gasteiger partial charge in [-0.05, 0) is 53.9 Å². The number of amides is 1. The number of carbonyl (C=O) groups is 1. The van der Waals surface area contributed by atoms with Crippen LogP contribution < -0.4 is 5.73 Å². The molecule has 1 fully saturated rings. The standard InChI is InChI=1S/C14H16BrF3N2O/c1-8-6-10(19)4-5-20(8)13(21)11-7-9(14(16,17)18)2-3-12(11)15/h2-3,7-8,10H,4-6,19H2,1H3. The third-order valence-electron chi connectivity index (χ3n) is 3.70. The largest absolute Gasteiger partial charge is 0.416 e. The predicted molar refractivity (Wildman–Crippen MR) is 76.9 cm³/mol. The zero-order valence-corrected chi connectivity index (χ0v) is 13.0. The molecule has 2 unspecified atom stereocenters. The Hall–Kier alpha value is -1.08. The Morgan fingerprint density at radius 3 is 2.67 bits per heavy atom. The van der Waals surface area contributed by atoms with Gasteiger partial charge in [-0.1, -0.05) is 0 Å². The summed E-state index contributed by atoms with van der Waals surface area (Å²) in [5.74, 6) is -0.396. The highest BCUT2D eigenvalue weighted by molar-refractivity contribution is 9.10. The van der Waals surface area contributed by atoms with Crippen LogP contribution in [0.15, 0.2) is 22.7 Å². The van der Waals surface area contributed by atoms with Crippen molar-refractivity contribution >= 4 is 21.8 Å². The molecule has 7 heteroatoms. The van der Waals surface area contributed by atoms with Gasteiger partial charge in [0.2, 0.25) is 0 Å². The molecule has 1 aliphatic heterocycles. The molecule has 0 spiro atoms. The molecule has 1 aromatic carbocycles. The molecule has 0 radical (unpaired) electrons. The van der Waals surface area contributed by atoms with Crippen LogP contribution >= 0.6 is 15.9 Å². The summed E-state index contributed by atoms with van der Waals surface area (Å²) in [7, 11) is 0. The molecule has 1 heterocycles. The van der Waals surface area contributed by atoms with Crippen LogP contribution in [0.1, 0.15) is 35.7 Å². The molecule has 3 nitrogen and oxygen atoms in total. The number of benzene rings is 1. The molecule has 2 rings (SSSR count). The lowest BCUT2D eigenvalue weighted by Crippen LogP contribution is -2.48. The van der Waals surface area contributed by atoms with Crippen LogP contribution in [-0.4, -0.2) is 29.4 Å². The molecule has 2 N–H and O–H groups in total. The highest BCUT2D eigenvalue weighted by atomic mass is 79.9. The van der Waals surface area contributed by atoms with E-state index in [4.69, 9.17) is 5.73 Å². The first-order valence-electron chi connectivity index (χ1n) is 6.63. The molecule has 1 saturated heterocycles. The van der Waals surface area contributed by atoms with Crippen molar-refractivity contribution in [3.63, 3.8) is 0 Å². The quantitative estimate of drug-likeness (QED) is 0.829. The van der Waals surface area contributed by atoms with Gasteiger partial charge in [-0.25, -0.2) is 0 Å². The number of nitrogens with two attached hydrogens (primary N) is 1. The van der Waals surface area contributed by atoms with Crippen molar-refractivity contribution in [3.8, 4) is 0 Å². The molecule has 21 heavy (non-hydrogen) atoms. The van der Waals surface area contributed by atoms with E-state index in [-0.39, 0.29) is 17.6 Å². The average Bonchev–Trinajstić information content (AvgIpc) is 2.37. The SMILES string of the molecule is CC1CC(N)CCN1C(=O)c1cc(C(F)(F)F)ccc1Br. The lowest BCUT2D eigenvalue weighted by molar-refractivity contribution is -0.137. The van der Waals surface area contributed by atoms with Gasteiger partial charge in [-0.3, -0.25) is 4.79 Å². The van der Waals surface area contributed by atoms with Crippen LogP contribution in [-0.2, 0) is 6.18 Å². The van der Waals surface area contributed by atoms with Crippen molar-refractivity contribution in [2.75, 3.05) is 6.54 Å². The minimum Gasteiger partial charge on any atom is -0.336 e. The molecule has 0 bridgehead atoms. The van der Waals surface area contributed by atoms with E-state index in [1.807, 2.05) is 6.92 Å². The van der Waals surface area contributed by atoms with E-state index in [0.717, 1.165) is 12.1 Å². The van der Waals surface area contributed by atoms with E-state index in [0.29, 0.717) is 23.9 Å². The molecule has 2 atom stereocenters. The Kier molecular flexibility index (Phi) is 4.63. The highest BCUT2D eigenvalue weighted by Crippen LogP contribution is 2.33. The highest BCUT2D eigenvalue weighted by Gasteiger charge is 2.33. The minimum atomic E-state index is -4.47. The minimum absolute atomic E-state index is 0.0344. The van der Waals surface area contributed by atoms with E-state index in [1.54, 1.807) is 4.90 Å². The summed E-state index contributed by atoms with van der Waals surface area (Å²) >= 11 is 3.16. The van der Waals surface area contributed by atoms with Crippen molar-refractivity contribution in [1.29, 1.82) is 0 Å². The smallest absolute Gasteiger partial charge is 0.336 e. The summed E-state index contributed by atoms with van der Waals surface area (Å²) in [6.45, 7) is 2.32. The molecular weight excluding hydrogens is 349 g/mol. The van der Waals surface area contributed by atoms with Gasteiger partial charge in [0.25, 0.3) is 5.91 Å². The zero-order chi connectivity index (χ0) is 15.8. The van der Waals surface area contributed by atoms with Crippen LogP contribution in [0.5, 0.6) is 0 Å². The number of hydrogen-bond donors (Lipinski definition) is 1. The molecule has 1 aliphatic rings. The summed E-state index contributed by atoms with van der Waals surface area (Å²) in [4.78, 5) is 14.1. The number of nitrogens with zero attached hydrogens (tertiary/aromatic N) is 1. The molecule has 0 saturated carbocycles. The third-order valence-corrected chi connectivity index (χ3v) is 4.39. The number of piperidine rings is 1. The van der Waals surface area contributed by atoms with Crippen molar-refractivity contribution in [2.24, 2.45) is 5.73 Å². The van der Waals surface area contributed by atoms with Crippen molar-refractivity contribution in [3.05, 3.63) is 33.8 Å². The molecular formula is C14H16BrF3N2O. The van der Waals surface area contributed by atoms with E-state index in [1.165, 1.54) is 6.07 Å². The van der Waals surface area contributed by atoms with Gasteiger partial charge in [0.15, 0.2) is 0 Å². The molecule has 0 aromatic heterocycles. The van der Waals surface area contributed by atoms with Gasteiger partial charge in [0.1, 0.15) is 0 Å². The Balaban J connectivity index is 2.30. The number of alkyl halides is 3. The predicted octanol–water partition coefficient (Wildman–Crippen LogP) is 3.42. The monoisotopic (exact) mass is 364 g/mol. The second-order valence-corrected chi connectivity index (χ2v) is 6.18.